The number of nitrogens with zero attached hydrogens (tertiary/aromatic N) is 2. The van der Waals surface area contributed by atoms with Crippen LogP contribution in [-0.4, -0.2) is 32.7 Å². The first-order valence-corrected chi connectivity index (χ1v) is 10.5. The van der Waals surface area contributed by atoms with E-state index in [1.54, 1.807) is 7.05 Å². The Hall–Kier alpha value is -2.95. The predicted octanol–water partition coefficient (Wildman–Crippen LogP) is 3.72. The molecule has 0 atom stereocenters. The number of anilines is 1. The van der Waals surface area contributed by atoms with Crippen LogP contribution in [0.15, 0.2) is 65.7 Å². The fraction of sp³-hybridized carbons (Fsp3) is 0.375. The van der Waals surface area contributed by atoms with Gasteiger partial charge in [-0.25, -0.2) is 0 Å². The highest BCUT2D eigenvalue weighted by Crippen LogP contribution is 2.30. The summed E-state index contributed by atoms with van der Waals surface area (Å²) in [5.74, 6) is 2.50. The Bertz CT molecular complexity index is 847. The van der Waals surface area contributed by atoms with Gasteiger partial charge in [0.15, 0.2) is 5.96 Å². The Labute approximate surface area is 173 Å². The summed E-state index contributed by atoms with van der Waals surface area (Å²) in [7, 11) is 1.80. The molecule has 1 saturated carbocycles. The number of hydrogen-bond acceptors (Lipinski definition) is 3. The van der Waals surface area contributed by atoms with E-state index in [-0.39, 0.29) is 0 Å². The van der Waals surface area contributed by atoms with E-state index < -0.39 is 0 Å². The molecule has 5 nitrogen and oxygen atoms in total. The van der Waals surface area contributed by atoms with Crippen molar-refractivity contribution in [2.45, 2.75) is 25.9 Å². The van der Waals surface area contributed by atoms with Gasteiger partial charge in [0.2, 0.25) is 0 Å². The van der Waals surface area contributed by atoms with Crippen LogP contribution in [0.3, 0.4) is 0 Å². The lowest BCUT2D eigenvalue weighted by Gasteiger charge is -2.18. The second kappa shape index (κ2) is 9.50. The van der Waals surface area contributed by atoms with E-state index in [9.17, 15) is 0 Å². The van der Waals surface area contributed by atoms with Gasteiger partial charge in [-0.05, 0) is 42.5 Å². The van der Waals surface area contributed by atoms with Gasteiger partial charge in [0, 0.05) is 44.5 Å². The molecule has 152 valence electrons. The molecule has 4 rings (SSSR count). The van der Waals surface area contributed by atoms with Crippen LogP contribution in [0.25, 0.3) is 0 Å². The van der Waals surface area contributed by atoms with Crippen LogP contribution in [-0.2, 0) is 13.1 Å². The van der Waals surface area contributed by atoms with E-state index in [1.165, 1.54) is 24.1 Å². The van der Waals surface area contributed by atoms with Gasteiger partial charge in [-0.15, -0.1) is 0 Å². The molecule has 0 spiro atoms. The van der Waals surface area contributed by atoms with Crippen molar-refractivity contribution in [3.8, 4) is 5.75 Å². The lowest BCUT2D eigenvalue weighted by atomic mass is 10.2. The van der Waals surface area contributed by atoms with Crippen LogP contribution in [0, 0.1) is 5.92 Å². The Morgan fingerprint density at radius 1 is 1.00 bits per heavy atom. The number of rotatable bonds is 8. The number of hydrogen-bond donors (Lipinski definition) is 2. The molecular formula is C24H30N4O. The maximum absolute atomic E-state index is 6.00. The minimum absolute atomic E-state index is 0.682. The fourth-order valence-electron chi connectivity index (χ4n) is 3.38. The summed E-state index contributed by atoms with van der Waals surface area (Å²) >= 11 is 0. The first-order valence-electron chi connectivity index (χ1n) is 10.5. The van der Waals surface area contributed by atoms with Crippen molar-refractivity contribution in [3.05, 3.63) is 71.8 Å². The molecule has 1 heterocycles. The van der Waals surface area contributed by atoms with Crippen molar-refractivity contribution in [1.82, 2.24) is 10.6 Å². The van der Waals surface area contributed by atoms with Crippen LogP contribution < -0.4 is 20.3 Å². The van der Waals surface area contributed by atoms with Crippen LogP contribution in [0.5, 0.6) is 5.75 Å². The third kappa shape index (κ3) is 5.53. The zero-order valence-corrected chi connectivity index (χ0v) is 17.1. The molecule has 1 aliphatic heterocycles. The van der Waals surface area contributed by atoms with Crippen LogP contribution in [0.1, 0.15) is 24.0 Å². The lowest BCUT2D eigenvalue weighted by molar-refractivity contribution is 0.296. The van der Waals surface area contributed by atoms with Crippen molar-refractivity contribution in [3.63, 3.8) is 0 Å². The van der Waals surface area contributed by atoms with E-state index in [1.807, 2.05) is 12.1 Å². The standard InChI is InChI=1S/C24H30N4O/c1-25-24(26-16-19-10-12-22(13-11-19)28-14-4-5-15-28)27-17-21-6-2-3-7-23(21)29-18-20-8-9-20/h2-7,10-13,20H,8-9,14-18H2,1H3,(H2,25,26,27). The second-order valence-electron chi connectivity index (χ2n) is 7.68. The molecule has 0 bridgehead atoms. The Kier molecular flexibility index (Phi) is 6.35. The molecule has 0 aromatic heterocycles. The van der Waals surface area contributed by atoms with Gasteiger partial charge in [-0.1, -0.05) is 42.5 Å². The van der Waals surface area contributed by atoms with Crippen molar-refractivity contribution < 1.29 is 4.74 Å². The largest absolute Gasteiger partial charge is 0.493 e. The molecule has 0 saturated heterocycles. The van der Waals surface area contributed by atoms with Crippen LogP contribution in [0.4, 0.5) is 5.69 Å². The molecule has 0 unspecified atom stereocenters. The summed E-state index contributed by atoms with van der Waals surface area (Å²) in [6.45, 7) is 4.24. The van der Waals surface area contributed by atoms with E-state index in [0.717, 1.165) is 49.4 Å². The predicted molar refractivity (Wildman–Crippen MR) is 119 cm³/mol. The molecule has 0 radical (unpaired) electrons. The van der Waals surface area contributed by atoms with Crippen LogP contribution in [0.2, 0.25) is 0 Å². The van der Waals surface area contributed by atoms with Gasteiger partial charge in [0.05, 0.1) is 6.61 Å². The molecule has 2 aromatic rings. The maximum atomic E-state index is 6.00. The molecule has 2 aromatic carbocycles. The molecule has 1 aliphatic carbocycles. The lowest BCUT2D eigenvalue weighted by Crippen LogP contribution is -2.36. The summed E-state index contributed by atoms with van der Waals surface area (Å²) < 4.78 is 6.00. The van der Waals surface area contributed by atoms with Crippen molar-refractivity contribution in [2.24, 2.45) is 10.9 Å². The number of benzene rings is 2. The molecule has 1 fully saturated rings. The molecular weight excluding hydrogens is 360 g/mol. The Morgan fingerprint density at radius 3 is 2.45 bits per heavy atom. The van der Waals surface area contributed by atoms with Gasteiger partial charge in [0.1, 0.15) is 5.75 Å². The van der Waals surface area contributed by atoms with Gasteiger partial charge >= 0.3 is 0 Å². The SMILES string of the molecule is CN=C(NCc1ccc(N2CC=CC2)cc1)NCc1ccccc1OCC1CC1. The minimum atomic E-state index is 0.682. The number of aliphatic imine (C=N–C) groups is 1. The van der Waals surface area contributed by atoms with Gasteiger partial charge in [-0.2, -0.15) is 0 Å². The topological polar surface area (TPSA) is 48.9 Å². The molecule has 29 heavy (non-hydrogen) atoms. The summed E-state index contributed by atoms with van der Waals surface area (Å²) in [5, 5.41) is 6.79. The summed E-state index contributed by atoms with van der Waals surface area (Å²) in [4.78, 5) is 6.70. The number of nitrogens with one attached hydrogen (secondary N) is 2. The zero-order chi connectivity index (χ0) is 19.9. The second-order valence-corrected chi connectivity index (χ2v) is 7.68. The Balaban J connectivity index is 1.26. The summed E-state index contributed by atoms with van der Waals surface area (Å²) in [6, 6.07) is 17.0. The zero-order valence-electron chi connectivity index (χ0n) is 17.1. The van der Waals surface area contributed by atoms with E-state index in [0.29, 0.717) is 6.54 Å². The van der Waals surface area contributed by atoms with Gasteiger partial charge in [-0.3, -0.25) is 4.99 Å². The minimum Gasteiger partial charge on any atom is -0.493 e. The van der Waals surface area contributed by atoms with Crippen molar-refractivity contribution >= 4 is 11.6 Å². The monoisotopic (exact) mass is 390 g/mol. The highest BCUT2D eigenvalue weighted by Gasteiger charge is 2.22. The first-order chi connectivity index (χ1) is 14.3. The molecule has 2 aliphatic rings. The highest BCUT2D eigenvalue weighted by molar-refractivity contribution is 5.79. The van der Waals surface area contributed by atoms with Gasteiger partial charge in [0.25, 0.3) is 0 Å². The van der Waals surface area contributed by atoms with Crippen molar-refractivity contribution in [1.29, 1.82) is 0 Å². The van der Waals surface area contributed by atoms with Crippen molar-refractivity contribution in [2.75, 3.05) is 31.6 Å². The Morgan fingerprint density at radius 2 is 1.72 bits per heavy atom. The maximum Gasteiger partial charge on any atom is 0.191 e. The van der Waals surface area contributed by atoms with E-state index in [2.05, 4.69) is 69.1 Å². The highest BCUT2D eigenvalue weighted by atomic mass is 16.5. The quantitative estimate of drug-likeness (QED) is 0.410. The molecule has 2 N–H and O–H groups in total. The summed E-state index contributed by atoms with van der Waals surface area (Å²) in [6.07, 6.45) is 7.01. The van der Waals surface area contributed by atoms with Crippen LogP contribution >= 0.6 is 0 Å². The summed E-state index contributed by atoms with van der Waals surface area (Å²) in [5.41, 5.74) is 3.65. The third-order valence-electron chi connectivity index (χ3n) is 5.39. The fourth-order valence-corrected chi connectivity index (χ4v) is 3.38. The number of para-hydroxylation sites is 1. The number of ether oxygens (including phenoxy) is 1. The van der Waals surface area contributed by atoms with E-state index >= 15 is 0 Å². The normalized spacial score (nSPS) is 16.2. The third-order valence-corrected chi connectivity index (χ3v) is 5.39. The van der Waals surface area contributed by atoms with Gasteiger partial charge < -0.3 is 20.3 Å². The smallest absolute Gasteiger partial charge is 0.191 e. The average Bonchev–Trinajstić information content (AvgIpc) is 3.44. The molecule has 0 amide bonds. The van der Waals surface area contributed by atoms with E-state index in [4.69, 9.17) is 4.74 Å². The first kappa shape index (κ1) is 19.4. The number of guanidine groups is 1. The molecule has 5 heteroatoms. The average molecular weight is 391 g/mol.